The molecule has 1 aliphatic rings. The highest BCUT2D eigenvalue weighted by Crippen LogP contribution is 2.34. The molecule has 7 nitrogen and oxygen atoms in total. The standard InChI is InChI=1S/C32H38N2O5S/c1-23-19-34(24(2)22-35)40(37,38)32-17-14-26(11-10-25(3)36)18-30(32)39-31(23)21-33(4)20-27-12-15-29(16-13-27)28-8-6-5-7-9-28/h5-9,12-18,23-25,31,35-36H,19-22H2,1-4H3/t23-,24-,25+,31+/m0/s1. The first-order valence-corrected chi connectivity index (χ1v) is 15.0. The molecule has 0 amide bonds. The molecule has 0 saturated heterocycles. The second-order valence-electron chi connectivity index (χ2n) is 10.6. The Morgan fingerprint density at radius 2 is 1.73 bits per heavy atom. The van der Waals surface area contributed by atoms with E-state index in [1.165, 1.54) is 15.9 Å². The fraction of sp³-hybridized carbons (Fsp3) is 0.375. The minimum absolute atomic E-state index is 0.0476. The van der Waals surface area contributed by atoms with Crippen LogP contribution in [0.4, 0.5) is 0 Å². The monoisotopic (exact) mass is 562 g/mol. The third-order valence-corrected chi connectivity index (χ3v) is 9.12. The summed E-state index contributed by atoms with van der Waals surface area (Å²) in [5.74, 6) is 5.64. The summed E-state index contributed by atoms with van der Waals surface area (Å²) in [5.41, 5.74) is 4.05. The number of aliphatic hydroxyl groups is 2. The summed E-state index contributed by atoms with van der Waals surface area (Å²) in [6.07, 6.45) is -1.13. The zero-order chi connectivity index (χ0) is 28.9. The molecule has 1 heterocycles. The highest BCUT2D eigenvalue weighted by atomic mass is 32.2. The van der Waals surface area contributed by atoms with Crippen molar-refractivity contribution in [1.82, 2.24) is 9.21 Å². The van der Waals surface area contributed by atoms with Gasteiger partial charge in [-0.05, 0) is 55.8 Å². The number of nitrogens with zero attached hydrogens (tertiary/aromatic N) is 2. The van der Waals surface area contributed by atoms with Crippen molar-refractivity contribution in [1.29, 1.82) is 0 Å². The average molecular weight is 563 g/mol. The smallest absolute Gasteiger partial charge is 0.247 e. The van der Waals surface area contributed by atoms with Crippen molar-refractivity contribution in [3.63, 3.8) is 0 Å². The fourth-order valence-corrected chi connectivity index (χ4v) is 6.65. The largest absolute Gasteiger partial charge is 0.487 e. The minimum Gasteiger partial charge on any atom is -0.487 e. The van der Waals surface area contributed by atoms with Crippen LogP contribution in [0.25, 0.3) is 11.1 Å². The number of aliphatic hydroxyl groups excluding tert-OH is 2. The van der Waals surface area contributed by atoms with Crippen LogP contribution in [-0.2, 0) is 16.6 Å². The molecule has 212 valence electrons. The van der Waals surface area contributed by atoms with E-state index in [0.29, 0.717) is 18.7 Å². The van der Waals surface area contributed by atoms with Crippen LogP contribution in [0.2, 0.25) is 0 Å². The van der Waals surface area contributed by atoms with Crippen molar-refractivity contribution in [3.05, 3.63) is 83.9 Å². The lowest BCUT2D eigenvalue weighted by atomic mass is 10.0. The van der Waals surface area contributed by atoms with Crippen LogP contribution in [0.1, 0.15) is 31.9 Å². The molecule has 8 heteroatoms. The van der Waals surface area contributed by atoms with Gasteiger partial charge in [0.05, 0.1) is 6.61 Å². The van der Waals surface area contributed by atoms with Crippen LogP contribution in [-0.4, -0.2) is 72.8 Å². The molecule has 1 aliphatic heterocycles. The van der Waals surface area contributed by atoms with E-state index in [1.807, 2.05) is 32.2 Å². The average Bonchev–Trinajstić information content (AvgIpc) is 2.94. The Bertz CT molecular complexity index is 1450. The third-order valence-electron chi connectivity index (χ3n) is 7.10. The van der Waals surface area contributed by atoms with Gasteiger partial charge < -0.3 is 14.9 Å². The first-order valence-electron chi connectivity index (χ1n) is 13.5. The molecule has 0 aromatic heterocycles. The molecular weight excluding hydrogens is 524 g/mol. The van der Waals surface area contributed by atoms with Gasteiger partial charge in [0, 0.05) is 37.2 Å². The van der Waals surface area contributed by atoms with E-state index >= 15 is 0 Å². The van der Waals surface area contributed by atoms with Crippen molar-refractivity contribution in [3.8, 4) is 28.7 Å². The first-order chi connectivity index (χ1) is 19.1. The molecule has 0 aliphatic carbocycles. The van der Waals surface area contributed by atoms with Gasteiger partial charge in [-0.3, -0.25) is 4.90 Å². The number of hydrogen-bond donors (Lipinski definition) is 2. The van der Waals surface area contributed by atoms with Crippen LogP contribution in [0.3, 0.4) is 0 Å². The highest BCUT2D eigenvalue weighted by Gasteiger charge is 2.38. The Balaban J connectivity index is 1.59. The van der Waals surface area contributed by atoms with Gasteiger partial charge in [-0.25, -0.2) is 8.42 Å². The first kappa shape index (κ1) is 29.8. The zero-order valence-corrected chi connectivity index (χ0v) is 24.3. The Morgan fingerprint density at radius 1 is 1.05 bits per heavy atom. The van der Waals surface area contributed by atoms with Crippen LogP contribution >= 0.6 is 0 Å². The quantitative estimate of drug-likeness (QED) is 0.424. The maximum Gasteiger partial charge on any atom is 0.247 e. The molecule has 0 radical (unpaired) electrons. The summed E-state index contributed by atoms with van der Waals surface area (Å²) >= 11 is 0. The lowest BCUT2D eigenvalue weighted by molar-refractivity contribution is 0.0733. The second-order valence-corrected chi connectivity index (χ2v) is 12.5. The second kappa shape index (κ2) is 13.0. The van der Waals surface area contributed by atoms with Gasteiger partial charge in [0.15, 0.2) is 0 Å². The number of rotatable bonds is 7. The van der Waals surface area contributed by atoms with Crippen molar-refractivity contribution in [2.75, 3.05) is 26.7 Å². The van der Waals surface area contributed by atoms with Gasteiger partial charge in [0.2, 0.25) is 10.0 Å². The summed E-state index contributed by atoms with van der Waals surface area (Å²) in [6, 6.07) is 22.9. The number of likely N-dealkylation sites (N-methyl/N-ethyl adjacent to an activating group) is 1. The van der Waals surface area contributed by atoms with Crippen LogP contribution in [0.15, 0.2) is 77.7 Å². The predicted octanol–water partition coefficient (Wildman–Crippen LogP) is 3.99. The molecule has 0 saturated carbocycles. The molecule has 40 heavy (non-hydrogen) atoms. The molecule has 3 aromatic carbocycles. The molecular formula is C32H38N2O5S. The van der Waals surface area contributed by atoms with Gasteiger partial charge >= 0.3 is 0 Å². The van der Waals surface area contributed by atoms with Crippen LogP contribution in [0.5, 0.6) is 5.75 Å². The van der Waals surface area contributed by atoms with E-state index < -0.39 is 22.2 Å². The van der Waals surface area contributed by atoms with E-state index in [2.05, 4.69) is 53.1 Å². The summed E-state index contributed by atoms with van der Waals surface area (Å²) < 4.78 is 35.1. The Kier molecular flexibility index (Phi) is 9.67. The fourth-order valence-electron chi connectivity index (χ4n) is 4.83. The number of sulfonamides is 1. The summed E-state index contributed by atoms with van der Waals surface area (Å²) in [5, 5.41) is 19.4. The minimum atomic E-state index is -3.93. The topological polar surface area (TPSA) is 90.3 Å². The Hall–Kier alpha value is -3.19. The Labute approximate surface area is 238 Å². The summed E-state index contributed by atoms with van der Waals surface area (Å²) in [4.78, 5) is 2.22. The van der Waals surface area contributed by atoms with Crippen molar-refractivity contribution >= 4 is 10.0 Å². The van der Waals surface area contributed by atoms with Crippen LogP contribution < -0.4 is 4.74 Å². The normalized spacial score (nSPS) is 20.3. The molecule has 0 bridgehead atoms. The lowest BCUT2D eigenvalue weighted by Crippen LogP contribution is -2.49. The van der Waals surface area contributed by atoms with E-state index in [-0.39, 0.29) is 35.8 Å². The molecule has 3 aromatic rings. The van der Waals surface area contributed by atoms with Crippen LogP contribution in [0, 0.1) is 17.8 Å². The molecule has 4 rings (SSSR count). The number of ether oxygens (including phenoxy) is 1. The number of fused-ring (bicyclic) bond motifs is 1. The maximum absolute atomic E-state index is 13.6. The molecule has 4 atom stereocenters. The molecule has 0 unspecified atom stereocenters. The predicted molar refractivity (Wildman–Crippen MR) is 157 cm³/mol. The Morgan fingerprint density at radius 3 is 2.38 bits per heavy atom. The molecule has 0 spiro atoms. The SMILES string of the molecule is C[C@@H](O)C#Cc1ccc2c(c1)O[C@H](CN(C)Cc1ccc(-c3ccccc3)cc1)[C@@H](C)CN([C@@H](C)CO)S2(=O)=O. The van der Waals surface area contributed by atoms with E-state index in [1.54, 1.807) is 26.0 Å². The molecule has 2 N–H and O–H groups in total. The number of benzene rings is 3. The van der Waals surface area contributed by atoms with Gasteiger partial charge in [0.1, 0.15) is 22.9 Å². The number of hydrogen-bond acceptors (Lipinski definition) is 6. The zero-order valence-electron chi connectivity index (χ0n) is 23.5. The van der Waals surface area contributed by atoms with Crippen molar-refractivity contribution in [2.45, 2.75) is 50.5 Å². The highest BCUT2D eigenvalue weighted by molar-refractivity contribution is 7.89. The van der Waals surface area contributed by atoms with Gasteiger partial charge in [-0.15, -0.1) is 0 Å². The summed E-state index contributed by atoms with van der Waals surface area (Å²) in [7, 11) is -1.90. The molecule has 0 fully saturated rings. The third kappa shape index (κ3) is 7.11. The van der Waals surface area contributed by atoms with E-state index in [4.69, 9.17) is 4.74 Å². The maximum atomic E-state index is 13.6. The van der Waals surface area contributed by atoms with E-state index in [0.717, 1.165) is 11.1 Å². The van der Waals surface area contributed by atoms with Crippen molar-refractivity contribution in [2.24, 2.45) is 5.92 Å². The summed E-state index contributed by atoms with van der Waals surface area (Å²) in [6.45, 7) is 6.44. The van der Waals surface area contributed by atoms with Gasteiger partial charge in [-0.1, -0.05) is 73.4 Å². The van der Waals surface area contributed by atoms with Gasteiger partial charge in [0.25, 0.3) is 0 Å². The van der Waals surface area contributed by atoms with Gasteiger partial charge in [-0.2, -0.15) is 4.31 Å². The lowest BCUT2D eigenvalue weighted by Gasteiger charge is -2.37. The van der Waals surface area contributed by atoms with Crippen molar-refractivity contribution < 1.29 is 23.4 Å². The van der Waals surface area contributed by atoms with E-state index in [9.17, 15) is 18.6 Å².